The molecule has 13 heteroatoms. The third-order valence-corrected chi connectivity index (χ3v) is 5.58. The topological polar surface area (TPSA) is 156 Å². The molecule has 2 aromatic heterocycles. The third-order valence-electron chi connectivity index (χ3n) is 5.58. The Hall–Kier alpha value is -5.59. The number of nitrogen functional groups attached to an aromatic ring is 1. The van der Waals surface area contributed by atoms with Gasteiger partial charge in [-0.05, 0) is 58.7 Å². The first kappa shape index (κ1) is 26.0. The van der Waals surface area contributed by atoms with E-state index < -0.39 is 5.91 Å². The molecule has 0 saturated heterocycles. The number of carbonyl (C=O) groups excluding carboxylic acids is 1. The lowest BCUT2D eigenvalue weighted by Crippen LogP contribution is -2.22. The normalized spacial score (nSPS) is 11.1. The minimum atomic E-state index is -0.619. The number of rotatable bonds is 10. The monoisotopic (exact) mass is 542 g/mol. The van der Waals surface area contributed by atoms with Crippen LogP contribution in [-0.4, -0.2) is 44.0 Å². The summed E-state index contributed by atoms with van der Waals surface area (Å²) < 4.78 is 30.6. The molecule has 0 atom stereocenters. The Morgan fingerprint density at radius 1 is 1.07 bits per heavy atom. The number of aromatic nitrogens is 5. The molecule has 1 amide bonds. The minimum absolute atomic E-state index is 0.0152. The van der Waals surface area contributed by atoms with Gasteiger partial charge in [0.1, 0.15) is 18.1 Å². The SMILES string of the molecule is CCOc1cc(C=NNC(=O)c2c(-c3ccccc3)nnn2-c2nonc2N)ccc1OCc1ccc(F)cc1. The van der Waals surface area contributed by atoms with E-state index in [0.29, 0.717) is 29.2 Å². The lowest BCUT2D eigenvalue weighted by Gasteiger charge is -2.12. The van der Waals surface area contributed by atoms with E-state index in [1.807, 2.05) is 25.1 Å². The second kappa shape index (κ2) is 11.9. The Morgan fingerprint density at radius 3 is 2.60 bits per heavy atom. The van der Waals surface area contributed by atoms with Gasteiger partial charge in [-0.3, -0.25) is 4.79 Å². The Kier molecular flexibility index (Phi) is 7.72. The highest BCUT2D eigenvalue weighted by atomic mass is 19.1. The minimum Gasteiger partial charge on any atom is -0.490 e. The van der Waals surface area contributed by atoms with E-state index in [1.165, 1.54) is 18.3 Å². The Balaban J connectivity index is 1.35. The molecule has 3 aromatic carbocycles. The second-order valence-corrected chi connectivity index (χ2v) is 8.29. The number of amides is 1. The maximum absolute atomic E-state index is 13.3. The van der Waals surface area contributed by atoms with Gasteiger partial charge in [0.2, 0.25) is 11.6 Å². The van der Waals surface area contributed by atoms with Crippen molar-refractivity contribution in [3.8, 4) is 28.6 Å². The molecule has 0 aliphatic carbocycles. The molecule has 202 valence electrons. The van der Waals surface area contributed by atoms with Crippen LogP contribution >= 0.6 is 0 Å². The van der Waals surface area contributed by atoms with Gasteiger partial charge < -0.3 is 15.2 Å². The summed E-state index contributed by atoms with van der Waals surface area (Å²) in [6.07, 6.45) is 1.45. The van der Waals surface area contributed by atoms with Crippen LogP contribution in [0, 0.1) is 5.82 Å². The first-order valence-corrected chi connectivity index (χ1v) is 12.1. The van der Waals surface area contributed by atoms with Gasteiger partial charge in [0.25, 0.3) is 5.91 Å². The highest BCUT2D eigenvalue weighted by Gasteiger charge is 2.25. The van der Waals surface area contributed by atoms with Crippen molar-refractivity contribution in [2.45, 2.75) is 13.5 Å². The molecule has 0 aliphatic rings. The zero-order chi connectivity index (χ0) is 27.9. The number of halogens is 1. The molecule has 40 heavy (non-hydrogen) atoms. The zero-order valence-electron chi connectivity index (χ0n) is 21.2. The molecule has 2 heterocycles. The number of hydrogen-bond acceptors (Lipinski definition) is 10. The van der Waals surface area contributed by atoms with Gasteiger partial charge in [-0.25, -0.2) is 14.4 Å². The molecule has 0 unspecified atom stereocenters. The number of benzene rings is 3. The van der Waals surface area contributed by atoms with Crippen LogP contribution in [0.15, 0.2) is 82.5 Å². The number of nitrogens with two attached hydrogens (primary N) is 1. The molecule has 0 bridgehead atoms. The predicted molar refractivity (Wildman–Crippen MR) is 142 cm³/mol. The van der Waals surface area contributed by atoms with Crippen LogP contribution in [0.5, 0.6) is 11.5 Å². The smallest absolute Gasteiger partial charge is 0.292 e. The quantitative estimate of drug-likeness (QED) is 0.198. The second-order valence-electron chi connectivity index (χ2n) is 8.29. The van der Waals surface area contributed by atoms with Crippen molar-refractivity contribution in [2.75, 3.05) is 12.3 Å². The van der Waals surface area contributed by atoms with Crippen LogP contribution in [0.4, 0.5) is 10.2 Å². The molecule has 5 aromatic rings. The number of carbonyl (C=O) groups is 1. The van der Waals surface area contributed by atoms with E-state index in [-0.39, 0.29) is 35.4 Å². The van der Waals surface area contributed by atoms with Crippen LogP contribution < -0.4 is 20.6 Å². The lowest BCUT2D eigenvalue weighted by molar-refractivity contribution is 0.0947. The number of hydrazone groups is 1. The fourth-order valence-corrected chi connectivity index (χ4v) is 3.71. The van der Waals surface area contributed by atoms with Crippen molar-refractivity contribution < 1.29 is 23.3 Å². The van der Waals surface area contributed by atoms with Crippen molar-refractivity contribution in [1.29, 1.82) is 0 Å². The maximum atomic E-state index is 13.3. The summed E-state index contributed by atoms with van der Waals surface area (Å²) in [6, 6.07) is 20.3. The van der Waals surface area contributed by atoms with E-state index >= 15 is 0 Å². The fourth-order valence-electron chi connectivity index (χ4n) is 3.71. The molecule has 5 rings (SSSR count). The summed E-state index contributed by atoms with van der Waals surface area (Å²) >= 11 is 0. The van der Waals surface area contributed by atoms with Crippen LogP contribution in [0.25, 0.3) is 17.1 Å². The molecule has 12 nitrogen and oxygen atoms in total. The van der Waals surface area contributed by atoms with Gasteiger partial charge in [-0.2, -0.15) is 9.78 Å². The van der Waals surface area contributed by atoms with Crippen LogP contribution in [0.2, 0.25) is 0 Å². The van der Waals surface area contributed by atoms with Crippen LogP contribution in [0.1, 0.15) is 28.5 Å². The average Bonchev–Trinajstić information content (AvgIpc) is 3.60. The molecule has 0 saturated carbocycles. The molecule has 0 fully saturated rings. The highest BCUT2D eigenvalue weighted by molar-refractivity contribution is 5.99. The molecular weight excluding hydrogens is 519 g/mol. The van der Waals surface area contributed by atoms with Crippen molar-refractivity contribution in [2.24, 2.45) is 5.10 Å². The third kappa shape index (κ3) is 5.78. The zero-order valence-corrected chi connectivity index (χ0v) is 21.2. The molecule has 0 radical (unpaired) electrons. The van der Waals surface area contributed by atoms with E-state index in [0.717, 1.165) is 10.2 Å². The van der Waals surface area contributed by atoms with E-state index in [4.69, 9.17) is 15.2 Å². The van der Waals surface area contributed by atoms with Crippen molar-refractivity contribution in [3.05, 3.63) is 95.4 Å². The summed E-state index contributed by atoms with van der Waals surface area (Å²) in [7, 11) is 0. The number of hydrogen-bond donors (Lipinski definition) is 2. The van der Waals surface area contributed by atoms with Gasteiger partial charge in [-0.15, -0.1) is 5.10 Å². The van der Waals surface area contributed by atoms with Crippen molar-refractivity contribution in [3.63, 3.8) is 0 Å². The van der Waals surface area contributed by atoms with Crippen molar-refractivity contribution >= 4 is 17.9 Å². The highest BCUT2D eigenvalue weighted by Crippen LogP contribution is 2.29. The van der Waals surface area contributed by atoms with Gasteiger partial charge in [-0.1, -0.05) is 47.7 Å². The summed E-state index contributed by atoms with van der Waals surface area (Å²) in [4.78, 5) is 13.3. The summed E-state index contributed by atoms with van der Waals surface area (Å²) in [5, 5.41) is 19.5. The Bertz CT molecular complexity index is 1630. The largest absolute Gasteiger partial charge is 0.490 e. The van der Waals surface area contributed by atoms with Crippen molar-refractivity contribution in [1.82, 2.24) is 30.7 Å². The lowest BCUT2D eigenvalue weighted by atomic mass is 10.1. The van der Waals surface area contributed by atoms with Crippen LogP contribution in [0.3, 0.4) is 0 Å². The predicted octanol–water partition coefficient (Wildman–Crippen LogP) is 3.78. The van der Waals surface area contributed by atoms with Gasteiger partial charge >= 0.3 is 0 Å². The average molecular weight is 543 g/mol. The summed E-state index contributed by atoms with van der Waals surface area (Å²) in [6.45, 7) is 2.49. The van der Waals surface area contributed by atoms with Gasteiger partial charge in [0.15, 0.2) is 17.2 Å². The van der Waals surface area contributed by atoms with Gasteiger partial charge in [0.05, 0.1) is 12.8 Å². The van der Waals surface area contributed by atoms with E-state index in [9.17, 15) is 9.18 Å². The van der Waals surface area contributed by atoms with E-state index in [2.05, 4.69) is 35.8 Å². The molecule has 0 aliphatic heterocycles. The maximum Gasteiger partial charge on any atom is 0.292 e. The molecule has 0 spiro atoms. The van der Waals surface area contributed by atoms with Crippen LogP contribution in [-0.2, 0) is 6.61 Å². The molecular formula is C27H23FN8O4. The number of anilines is 1. The van der Waals surface area contributed by atoms with Gasteiger partial charge in [0, 0.05) is 5.56 Å². The standard InChI is InChI=1S/C27H23FN8O4/c1-2-38-22-14-18(10-13-21(22)39-16-17-8-11-20(28)12-9-17)15-30-32-27(37)24-23(19-6-4-3-5-7-19)31-35-36(24)26-25(29)33-40-34-26/h3-15H,2,16H2,1H3,(H2,29,33)(H,32,37). The van der Waals surface area contributed by atoms with E-state index in [1.54, 1.807) is 42.5 Å². The number of ether oxygens (including phenoxy) is 2. The molecule has 3 N–H and O–H groups in total. The Morgan fingerprint density at radius 2 is 1.88 bits per heavy atom. The number of nitrogens with zero attached hydrogens (tertiary/aromatic N) is 6. The number of nitrogens with one attached hydrogen (secondary N) is 1. The summed E-state index contributed by atoms with van der Waals surface area (Å²) in [5.74, 6) is 0.0161. The first-order valence-electron chi connectivity index (χ1n) is 12.1. The fraction of sp³-hybridized carbons (Fsp3) is 0.111. The summed E-state index contributed by atoms with van der Waals surface area (Å²) in [5.41, 5.74) is 10.7. The Labute approximate surface area is 227 Å². The first-order chi connectivity index (χ1) is 19.5.